The minimum atomic E-state index is 0.570. The van der Waals surface area contributed by atoms with Gasteiger partial charge in [0.15, 0.2) is 0 Å². The van der Waals surface area contributed by atoms with Crippen LogP contribution in [0.25, 0.3) is 0 Å². The van der Waals surface area contributed by atoms with Crippen molar-refractivity contribution in [1.82, 2.24) is 5.32 Å². The zero-order chi connectivity index (χ0) is 5.82. The molecule has 46 valence electrons. The summed E-state index contributed by atoms with van der Waals surface area (Å²) in [6.07, 6.45) is 0.721. The van der Waals surface area contributed by atoms with E-state index in [9.17, 15) is 4.79 Å². The Kier molecular flexibility index (Phi) is 1.86. The molecule has 0 bridgehead atoms. The van der Waals surface area contributed by atoms with Crippen LogP contribution >= 0.6 is 0 Å². The molecule has 0 aromatic heterocycles. The van der Waals surface area contributed by atoms with Gasteiger partial charge in [0.2, 0.25) is 6.41 Å². The van der Waals surface area contributed by atoms with E-state index in [4.69, 9.17) is 4.74 Å². The minimum Gasteiger partial charge on any atom is -0.381 e. The number of amides is 1. The van der Waals surface area contributed by atoms with Crippen LogP contribution in [-0.4, -0.2) is 26.2 Å². The molecule has 1 N–H and O–H groups in total. The van der Waals surface area contributed by atoms with E-state index in [1.165, 1.54) is 0 Å². The Morgan fingerprint density at radius 1 is 1.75 bits per heavy atom. The maximum absolute atomic E-state index is 9.70. The predicted molar refractivity (Wildman–Crippen MR) is 28.4 cm³/mol. The first-order chi connectivity index (χ1) is 3.93. The second kappa shape index (κ2) is 2.67. The van der Waals surface area contributed by atoms with Gasteiger partial charge in [-0.15, -0.1) is 0 Å². The number of nitrogens with one attached hydrogen (secondary N) is 1. The lowest BCUT2D eigenvalue weighted by molar-refractivity contribution is -0.110. The SMILES string of the molecule is O=CNCC1COC1. The summed E-state index contributed by atoms with van der Waals surface area (Å²) in [6, 6.07) is 0. The fourth-order valence-corrected chi connectivity index (χ4v) is 0.617. The van der Waals surface area contributed by atoms with Gasteiger partial charge in [-0.1, -0.05) is 0 Å². The van der Waals surface area contributed by atoms with Crippen LogP contribution < -0.4 is 5.32 Å². The van der Waals surface area contributed by atoms with E-state index in [1.54, 1.807) is 0 Å². The number of rotatable bonds is 3. The summed E-state index contributed by atoms with van der Waals surface area (Å²) in [4.78, 5) is 9.70. The maximum Gasteiger partial charge on any atom is 0.207 e. The quantitative estimate of drug-likeness (QED) is 0.498. The third-order valence-corrected chi connectivity index (χ3v) is 1.20. The molecule has 0 aromatic carbocycles. The molecule has 1 amide bonds. The van der Waals surface area contributed by atoms with Gasteiger partial charge in [0.05, 0.1) is 13.2 Å². The maximum atomic E-state index is 9.70. The smallest absolute Gasteiger partial charge is 0.207 e. The van der Waals surface area contributed by atoms with Crippen LogP contribution in [0.5, 0.6) is 0 Å². The molecule has 0 spiro atoms. The Morgan fingerprint density at radius 2 is 2.50 bits per heavy atom. The summed E-state index contributed by atoms with van der Waals surface area (Å²) in [5, 5.41) is 2.59. The first-order valence-electron chi connectivity index (χ1n) is 2.68. The molecule has 1 fully saturated rings. The molecule has 1 heterocycles. The summed E-state index contributed by atoms with van der Waals surface area (Å²) in [7, 11) is 0. The zero-order valence-electron chi connectivity index (χ0n) is 4.59. The number of carbonyl (C=O) groups is 1. The van der Waals surface area contributed by atoms with Crippen molar-refractivity contribution in [2.75, 3.05) is 19.8 Å². The van der Waals surface area contributed by atoms with Crippen molar-refractivity contribution < 1.29 is 9.53 Å². The highest BCUT2D eigenvalue weighted by molar-refractivity contribution is 5.45. The molecule has 0 saturated carbocycles. The highest BCUT2D eigenvalue weighted by Crippen LogP contribution is 2.06. The van der Waals surface area contributed by atoms with Crippen LogP contribution in [0.2, 0.25) is 0 Å². The van der Waals surface area contributed by atoms with E-state index >= 15 is 0 Å². The largest absolute Gasteiger partial charge is 0.381 e. The summed E-state index contributed by atoms with van der Waals surface area (Å²) in [6.45, 7) is 2.38. The van der Waals surface area contributed by atoms with E-state index in [1.807, 2.05) is 0 Å². The van der Waals surface area contributed by atoms with Crippen LogP contribution in [0.15, 0.2) is 0 Å². The van der Waals surface area contributed by atoms with Gasteiger partial charge in [-0.25, -0.2) is 0 Å². The van der Waals surface area contributed by atoms with Gasteiger partial charge in [-0.05, 0) is 0 Å². The average Bonchev–Trinajstić information content (AvgIpc) is 1.63. The molecule has 3 heteroatoms. The van der Waals surface area contributed by atoms with Gasteiger partial charge in [0, 0.05) is 12.5 Å². The fourth-order valence-electron chi connectivity index (χ4n) is 0.617. The number of hydrogen-bond donors (Lipinski definition) is 1. The second-order valence-electron chi connectivity index (χ2n) is 1.93. The molecule has 3 nitrogen and oxygen atoms in total. The molecule has 8 heavy (non-hydrogen) atoms. The second-order valence-corrected chi connectivity index (χ2v) is 1.93. The molecule has 0 aliphatic carbocycles. The molecule has 0 aromatic rings. The number of carbonyl (C=O) groups excluding carboxylic acids is 1. The third-order valence-electron chi connectivity index (χ3n) is 1.20. The molecule has 0 atom stereocenters. The third kappa shape index (κ3) is 1.20. The summed E-state index contributed by atoms with van der Waals surface area (Å²) in [5.74, 6) is 0.570. The lowest BCUT2D eigenvalue weighted by atomic mass is 10.1. The lowest BCUT2D eigenvalue weighted by Gasteiger charge is -2.24. The van der Waals surface area contributed by atoms with Gasteiger partial charge in [-0.3, -0.25) is 4.79 Å². The summed E-state index contributed by atoms with van der Waals surface area (Å²) >= 11 is 0. The molecule has 1 aliphatic heterocycles. The van der Waals surface area contributed by atoms with Gasteiger partial charge in [-0.2, -0.15) is 0 Å². The Labute approximate surface area is 48.0 Å². The normalized spacial score (nSPS) is 19.5. The molecule has 1 aliphatic rings. The first kappa shape index (κ1) is 5.56. The highest BCUT2D eigenvalue weighted by Gasteiger charge is 2.16. The molecular formula is C5H9NO2. The van der Waals surface area contributed by atoms with Gasteiger partial charge in [0.1, 0.15) is 0 Å². The zero-order valence-corrected chi connectivity index (χ0v) is 4.59. The van der Waals surface area contributed by atoms with Gasteiger partial charge in [0.25, 0.3) is 0 Å². The highest BCUT2D eigenvalue weighted by atomic mass is 16.5. The van der Waals surface area contributed by atoms with Crippen molar-refractivity contribution in [2.45, 2.75) is 0 Å². The number of hydrogen-bond acceptors (Lipinski definition) is 2. The predicted octanol–water partition coefficient (Wildman–Crippen LogP) is -0.621. The van der Waals surface area contributed by atoms with E-state index < -0.39 is 0 Å². The monoisotopic (exact) mass is 115 g/mol. The van der Waals surface area contributed by atoms with Gasteiger partial charge >= 0.3 is 0 Å². The van der Waals surface area contributed by atoms with E-state index in [2.05, 4.69) is 5.32 Å². The Morgan fingerprint density at radius 3 is 2.88 bits per heavy atom. The molecule has 1 rings (SSSR count). The van der Waals surface area contributed by atoms with Crippen LogP contribution in [0.4, 0.5) is 0 Å². The first-order valence-corrected chi connectivity index (χ1v) is 2.68. The van der Waals surface area contributed by atoms with Crippen LogP contribution in [0, 0.1) is 5.92 Å². The summed E-state index contributed by atoms with van der Waals surface area (Å²) in [5.41, 5.74) is 0. The molecule has 0 unspecified atom stereocenters. The topological polar surface area (TPSA) is 38.3 Å². The van der Waals surface area contributed by atoms with Crippen molar-refractivity contribution >= 4 is 6.41 Å². The van der Waals surface area contributed by atoms with E-state index in [0.29, 0.717) is 5.92 Å². The average molecular weight is 115 g/mol. The number of ether oxygens (including phenoxy) is 1. The van der Waals surface area contributed by atoms with Crippen LogP contribution in [-0.2, 0) is 9.53 Å². The lowest BCUT2D eigenvalue weighted by Crippen LogP contribution is -2.36. The van der Waals surface area contributed by atoms with Crippen molar-refractivity contribution in [3.8, 4) is 0 Å². The Hall–Kier alpha value is -0.570. The van der Waals surface area contributed by atoms with Crippen molar-refractivity contribution in [3.05, 3.63) is 0 Å². The van der Waals surface area contributed by atoms with Crippen molar-refractivity contribution in [3.63, 3.8) is 0 Å². The minimum absolute atomic E-state index is 0.570. The Balaban J connectivity index is 1.93. The summed E-state index contributed by atoms with van der Waals surface area (Å²) < 4.78 is 4.88. The van der Waals surface area contributed by atoms with Crippen molar-refractivity contribution in [1.29, 1.82) is 0 Å². The van der Waals surface area contributed by atoms with E-state index in [-0.39, 0.29) is 0 Å². The Bertz CT molecular complexity index is 80.5. The molecule has 0 radical (unpaired) electrons. The van der Waals surface area contributed by atoms with Gasteiger partial charge < -0.3 is 10.1 Å². The van der Waals surface area contributed by atoms with Crippen molar-refractivity contribution in [2.24, 2.45) is 5.92 Å². The fraction of sp³-hybridized carbons (Fsp3) is 0.800. The molecule has 1 saturated heterocycles. The molecular weight excluding hydrogens is 106 g/mol. The standard InChI is InChI=1S/C5H9NO2/c7-4-6-1-5-2-8-3-5/h4-5H,1-3H2,(H,6,7). The van der Waals surface area contributed by atoms with Crippen LogP contribution in [0.1, 0.15) is 0 Å². The van der Waals surface area contributed by atoms with Crippen LogP contribution in [0.3, 0.4) is 0 Å². The van der Waals surface area contributed by atoms with E-state index in [0.717, 1.165) is 26.2 Å².